The molecule has 3 aromatic heterocycles. The minimum atomic E-state index is 0.139. The topological polar surface area (TPSA) is 76.3 Å². The molecule has 0 saturated carbocycles. The Kier molecular flexibility index (Phi) is 5.16. The van der Waals surface area contributed by atoms with Gasteiger partial charge in [0.2, 0.25) is 5.91 Å². The number of piperidine rings is 1. The lowest BCUT2D eigenvalue weighted by molar-refractivity contribution is -0.129. The molecule has 0 radical (unpaired) electrons. The van der Waals surface area contributed by atoms with Crippen LogP contribution in [0.5, 0.6) is 0 Å². The number of aryl methyl sites for hydroxylation is 2. The van der Waals surface area contributed by atoms with Crippen LogP contribution in [0.4, 0.5) is 0 Å². The van der Waals surface area contributed by atoms with E-state index in [9.17, 15) is 4.79 Å². The van der Waals surface area contributed by atoms with Gasteiger partial charge in [0.15, 0.2) is 5.16 Å². The smallest absolute Gasteiger partial charge is 0.256 e. The number of carbonyl (C=O) groups is 1. The molecule has 1 aliphatic rings. The second-order valence-corrected chi connectivity index (χ2v) is 9.65. The molecular formula is C21H22N6OS2. The lowest BCUT2D eigenvalue weighted by atomic mass is 9.99. The second kappa shape index (κ2) is 7.96. The minimum Gasteiger partial charge on any atom is -0.341 e. The Labute approximate surface area is 182 Å². The van der Waals surface area contributed by atoms with Gasteiger partial charge in [0.25, 0.3) is 5.78 Å². The van der Waals surface area contributed by atoms with Crippen molar-refractivity contribution in [3.05, 3.63) is 46.7 Å². The van der Waals surface area contributed by atoms with Crippen LogP contribution in [-0.4, -0.2) is 54.2 Å². The third kappa shape index (κ3) is 3.67. The van der Waals surface area contributed by atoms with E-state index in [1.165, 1.54) is 16.5 Å². The molecule has 1 saturated heterocycles. The quantitative estimate of drug-likeness (QED) is 0.451. The number of fused-ring (bicyclic) bond motifs is 2. The van der Waals surface area contributed by atoms with Crippen LogP contribution in [0.1, 0.15) is 35.2 Å². The molecule has 1 fully saturated rings. The first-order chi connectivity index (χ1) is 14.6. The van der Waals surface area contributed by atoms with Gasteiger partial charge in [-0.25, -0.2) is 9.97 Å². The van der Waals surface area contributed by atoms with Crippen molar-refractivity contribution in [2.75, 3.05) is 18.8 Å². The van der Waals surface area contributed by atoms with Gasteiger partial charge in [-0.1, -0.05) is 23.9 Å². The molecule has 1 aromatic carbocycles. The Morgan fingerprint density at radius 2 is 2.10 bits per heavy atom. The van der Waals surface area contributed by atoms with Crippen LogP contribution in [0.25, 0.3) is 16.0 Å². The maximum atomic E-state index is 12.9. The van der Waals surface area contributed by atoms with Crippen molar-refractivity contribution in [2.24, 2.45) is 0 Å². The van der Waals surface area contributed by atoms with Crippen LogP contribution >= 0.6 is 23.1 Å². The average Bonchev–Trinajstić information content (AvgIpc) is 3.36. The Hall–Kier alpha value is -2.52. The summed E-state index contributed by atoms with van der Waals surface area (Å²) in [5, 5.41) is 10.2. The third-order valence-electron chi connectivity index (χ3n) is 5.42. The summed E-state index contributed by atoms with van der Waals surface area (Å²) >= 11 is 3.17. The first-order valence-corrected chi connectivity index (χ1v) is 11.8. The SMILES string of the molecule is Cc1cc(C)n2c(SCC(=O)N3CCC[C@H](c4nc5ccccc5s4)C3)nnc2n1. The van der Waals surface area contributed by atoms with Gasteiger partial charge in [0.1, 0.15) is 0 Å². The van der Waals surface area contributed by atoms with Crippen molar-refractivity contribution in [3.63, 3.8) is 0 Å². The normalized spacial score (nSPS) is 17.1. The highest BCUT2D eigenvalue weighted by molar-refractivity contribution is 7.99. The summed E-state index contributed by atoms with van der Waals surface area (Å²) < 4.78 is 3.12. The molecular weight excluding hydrogens is 416 g/mol. The molecule has 4 aromatic rings. The fraction of sp³-hybridized carbons (Fsp3) is 0.381. The van der Waals surface area contributed by atoms with Crippen LogP contribution in [0.3, 0.4) is 0 Å². The molecule has 9 heteroatoms. The zero-order valence-electron chi connectivity index (χ0n) is 16.9. The molecule has 7 nitrogen and oxygen atoms in total. The van der Waals surface area contributed by atoms with E-state index in [-0.39, 0.29) is 5.91 Å². The number of thiazole rings is 1. The fourth-order valence-corrected chi connectivity index (χ4v) is 5.96. The van der Waals surface area contributed by atoms with Crippen LogP contribution < -0.4 is 0 Å². The lowest BCUT2D eigenvalue weighted by Crippen LogP contribution is -2.40. The van der Waals surface area contributed by atoms with Crippen LogP contribution in [-0.2, 0) is 4.79 Å². The van der Waals surface area contributed by atoms with E-state index in [1.807, 2.05) is 41.3 Å². The van der Waals surface area contributed by atoms with Crippen LogP contribution in [0, 0.1) is 13.8 Å². The Bertz CT molecular complexity index is 1200. The maximum Gasteiger partial charge on any atom is 0.256 e. The molecule has 30 heavy (non-hydrogen) atoms. The largest absolute Gasteiger partial charge is 0.341 e. The predicted molar refractivity (Wildman–Crippen MR) is 119 cm³/mol. The number of para-hydroxylation sites is 1. The van der Waals surface area contributed by atoms with Crippen LogP contribution in [0.2, 0.25) is 0 Å². The van der Waals surface area contributed by atoms with Gasteiger partial charge in [-0.2, -0.15) is 0 Å². The molecule has 0 aliphatic carbocycles. The number of nitrogens with zero attached hydrogens (tertiary/aromatic N) is 6. The highest BCUT2D eigenvalue weighted by atomic mass is 32.2. The standard InChI is InChI=1S/C21H22N6OS2/c1-13-10-14(2)27-20(22-13)24-25-21(27)29-12-18(28)26-9-5-6-15(11-26)19-23-16-7-3-4-8-17(16)30-19/h3-4,7-8,10,15H,5-6,9,11-12H2,1-2H3/t15-/m0/s1. The summed E-state index contributed by atoms with van der Waals surface area (Å²) in [6, 6.07) is 10.2. The zero-order chi connectivity index (χ0) is 20.7. The molecule has 1 atom stereocenters. The number of thioether (sulfide) groups is 1. The molecule has 1 amide bonds. The van der Waals surface area contributed by atoms with Crippen molar-refractivity contribution in [1.29, 1.82) is 0 Å². The molecule has 4 heterocycles. The van der Waals surface area contributed by atoms with E-state index in [1.54, 1.807) is 11.3 Å². The molecule has 154 valence electrons. The fourth-order valence-electron chi connectivity index (χ4n) is 3.98. The number of likely N-dealkylation sites (tertiary alicyclic amines) is 1. The van der Waals surface area contributed by atoms with E-state index in [2.05, 4.69) is 27.3 Å². The molecule has 5 rings (SSSR count). The molecule has 0 spiro atoms. The van der Waals surface area contributed by atoms with Gasteiger partial charge in [-0.15, -0.1) is 21.5 Å². The predicted octanol–water partition coefficient (Wildman–Crippen LogP) is 3.85. The molecule has 0 bridgehead atoms. The van der Waals surface area contributed by atoms with Gasteiger partial charge < -0.3 is 4.90 Å². The minimum absolute atomic E-state index is 0.139. The van der Waals surface area contributed by atoms with E-state index < -0.39 is 0 Å². The van der Waals surface area contributed by atoms with Crippen molar-refractivity contribution in [2.45, 2.75) is 37.8 Å². The summed E-state index contributed by atoms with van der Waals surface area (Å²) in [6.07, 6.45) is 2.09. The molecule has 1 aliphatic heterocycles. The number of hydrogen-bond acceptors (Lipinski definition) is 7. The number of aromatic nitrogens is 5. The summed E-state index contributed by atoms with van der Waals surface area (Å²) in [5.41, 5.74) is 2.98. The number of amides is 1. The Morgan fingerprint density at radius 1 is 1.23 bits per heavy atom. The third-order valence-corrected chi connectivity index (χ3v) is 7.53. The number of carbonyl (C=O) groups excluding carboxylic acids is 1. The van der Waals surface area contributed by atoms with Crippen molar-refractivity contribution < 1.29 is 4.79 Å². The molecule has 0 N–H and O–H groups in total. The number of hydrogen-bond donors (Lipinski definition) is 0. The van der Waals surface area contributed by atoms with Crippen molar-refractivity contribution >= 4 is 45.0 Å². The summed E-state index contributed by atoms with van der Waals surface area (Å²) in [6.45, 7) is 5.49. The summed E-state index contributed by atoms with van der Waals surface area (Å²) in [7, 11) is 0. The van der Waals surface area contributed by atoms with Crippen LogP contribution in [0.15, 0.2) is 35.5 Å². The van der Waals surface area contributed by atoms with E-state index in [0.29, 0.717) is 22.6 Å². The van der Waals surface area contributed by atoms with E-state index >= 15 is 0 Å². The van der Waals surface area contributed by atoms with Gasteiger partial charge in [-0.05, 0) is 44.9 Å². The second-order valence-electron chi connectivity index (χ2n) is 7.64. The number of benzene rings is 1. The maximum absolute atomic E-state index is 12.9. The zero-order valence-corrected chi connectivity index (χ0v) is 18.5. The summed E-state index contributed by atoms with van der Waals surface area (Å²) in [4.78, 5) is 24.1. The highest BCUT2D eigenvalue weighted by Crippen LogP contribution is 2.33. The van der Waals surface area contributed by atoms with Gasteiger partial charge in [-0.3, -0.25) is 9.20 Å². The Morgan fingerprint density at radius 3 is 2.97 bits per heavy atom. The van der Waals surface area contributed by atoms with E-state index in [0.717, 1.165) is 47.8 Å². The number of rotatable bonds is 4. The van der Waals surface area contributed by atoms with Gasteiger partial charge in [0, 0.05) is 30.4 Å². The summed E-state index contributed by atoms with van der Waals surface area (Å²) in [5.74, 6) is 1.38. The average molecular weight is 439 g/mol. The first-order valence-electron chi connectivity index (χ1n) is 10.0. The van der Waals surface area contributed by atoms with Gasteiger partial charge in [0.05, 0.1) is 21.0 Å². The van der Waals surface area contributed by atoms with Crippen molar-refractivity contribution in [3.8, 4) is 0 Å². The van der Waals surface area contributed by atoms with Crippen molar-refractivity contribution in [1.82, 2.24) is 29.5 Å². The highest BCUT2D eigenvalue weighted by Gasteiger charge is 2.27. The van der Waals surface area contributed by atoms with Gasteiger partial charge >= 0.3 is 0 Å². The molecule has 0 unspecified atom stereocenters. The Balaban J connectivity index is 1.27. The van der Waals surface area contributed by atoms with E-state index in [4.69, 9.17) is 4.98 Å². The monoisotopic (exact) mass is 438 g/mol. The lowest BCUT2D eigenvalue weighted by Gasteiger charge is -2.31. The first kappa shape index (κ1) is 19.4.